The molecule has 30 heavy (non-hydrogen) atoms. The predicted octanol–water partition coefficient (Wildman–Crippen LogP) is -0.321. The number of aromatic nitrogens is 2. The molecular weight excluding hydrogens is 414 g/mol. The number of anilines is 1. The van der Waals surface area contributed by atoms with Crippen LogP contribution in [0.1, 0.15) is 38.1 Å². The van der Waals surface area contributed by atoms with Crippen LogP contribution in [0.2, 0.25) is 0 Å². The van der Waals surface area contributed by atoms with E-state index in [0.717, 1.165) is 36.1 Å². The molecule has 168 valence electrons. The minimum atomic E-state index is -1.08. The van der Waals surface area contributed by atoms with Gasteiger partial charge in [-0.15, -0.1) is 10.2 Å². The monoisotopic (exact) mass is 443 g/mol. The van der Waals surface area contributed by atoms with Crippen molar-refractivity contribution in [3.63, 3.8) is 0 Å². The molecule has 4 N–H and O–H groups in total. The number of nitrogens with zero attached hydrogens (tertiary/aromatic N) is 3. The summed E-state index contributed by atoms with van der Waals surface area (Å²) in [5.74, 6) is -0.607. The second-order valence-corrected chi connectivity index (χ2v) is 8.91. The maximum absolute atomic E-state index is 12.0. The Hall–Kier alpha value is -2.31. The van der Waals surface area contributed by atoms with Crippen molar-refractivity contribution in [2.75, 3.05) is 31.1 Å². The summed E-state index contributed by atoms with van der Waals surface area (Å²) in [7, 11) is 0. The fraction of sp³-hybridized carbons (Fsp3) is 0.722. The molecule has 2 aliphatic rings. The molecule has 12 heteroatoms. The minimum absolute atomic E-state index is 0.108. The molecule has 0 radical (unpaired) electrons. The highest BCUT2D eigenvalue weighted by molar-refractivity contribution is 7.15. The molecule has 1 aromatic rings. The lowest BCUT2D eigenvalue weighted by Gasteiger charge is -2.51. The van der Waals surface area contributed by atoms with Gasteiger partial charge >= 0.3 is 0 Å². The van der Waals surface area contributed by atoms with Crippen LogP contribution in [0.4, 0.5) is 5.13 Å². The number of carbonyl (C=O) groups excluding carboxylic acids is 2. The van der Waals surface area contributed by atoms with Gasteiger partial charge in [0.2, 0.25) is 16.9 Å². The summed E-state index contributed by atoms with van der Waals surface area (Å²) in [4.78, 5) is 33.5. The summed E-state index contributed by atoms with van der Waals surface area (Å²) >= 11 is 1.58. The minimum Gasteiger partial charge on any atom is -0.483 e. The molecule has 2 aliphatic heterocycles. The van der Waals surface area contributed by atoms with Gasteiger partial charge in [-0.3, -0.25) is 14.4 Å². The van der Waals surface area contributed by atoms with Crippen LogP contribution in [0.3, 0.4) is 0 Å². The molecule has 0 bridgehead atoms. The molecule has 3 rings (SSSR count). The zero-order valence-corrected chi connectivity index (χ0v) is 18.2. The van der Waals surface area contributed by atoms with Gasteiger partial charge in [0.05, 0.1) is 30.4 Å². The second kappa shape index (κ2) is 10.1. The summed E-state index contributed by atoms with van der Waals surface area (Å²) in [6, 6.07) is -0.506. The van der Waals surface area contributed by atoms with Crippen molar-refractivity contribution in [2.24, 2.45) is 0 Å². The maximum atomic E-state index is 12.0. The molecule has 1 spiro atoms. The van der Waals surface area contributed by atoms with E-state index in [1.807, 2.05) is 6.92 Å². The number of nitrogens with one attached hydrogen (secondary N) is 2. The average molecular weight is 444 g/mol. The number of ether oxygens (including phenoxy) is 1. The summed E-state index contributed by atoms with van der Waals surface area (Å²) < 4.78 is 6.15. The van der Waals surface area contributed by atoms with E-state index in [1.165, 1.54) is 6.92 Å². The van der Waals surface area contributed by atoms with E-state index in [-0.39, 0.29) is 31.4 Å². The summed E-state index contributed by atoms with van der Waals surface area (Å²) in [6.07, 6.45) is 2.02. The van der Waals surface area contributed by atoms with Crippen LogP contribution >= 0.6 is 11.3 Å². The second-order valence-electron chi connectivity index (χ2n) is 7.75. The van der Waals surface area contributed by atoms with E-state index in [9.17, 15) is 14.7 Å². The van der Waals surface area contributed by atoms with Crippen molar-refractivity contribution in [3.8, 4) is 0 Å². The van der Waals surface area contributed by atoms with E-state index in [2.05, 4.69) is 25.7 Å². The van der Waals surface area contributed by atoms with Crippen LogP contribution in [0, 0.1) is 6.92 Å². The lowest BCUT2D eigenvalue weighted by Crippen LogP contribution is -2.64. The Balaban J connectivity index is 0.00000101. The average Bonchev–Trinajstić information content (AvgIpc) is 3.10. The predicted molar refractivity (Wildman–Crippen MR) is 109 cm³/mol. The molecule has 0 saturated carbocycles. The fourth-order valence-electron chi connectivity index (χ4n) is 3.75. The van der Waals surface area contributed by atoms with Crippen molar-refractivity contribution in [3.05, 3.63) is 5.01 Å². The molecule has 11 nitrogen and oxygen atoms in total. The number of hydrogen-bond donors (Lipinski definition) is 4. The Kier molecular flexibility index (Phi) is 8.10. The summed E-state index contributed by atoms with van der Waals surface area (Å²) in [5, 5.41) is 33.2. The highest BCUT2D eigenvalue weighted by Crippen LogP contribution is 2.40. The number of hydrogen-bond acceptors (Lipinski definition) is 9. The summed E-state index contributed by atoms with van der Waals surface area (Å²) in [6.45, 7) is 6.51. The topological polar surface area (TPSA) is 154 Å². The molecule has 1 aromatic heterocycles. The molecule has 2 saturated heterocycles. The Labute approximate surface area is 178 Å². The molecule has 2 amide bonds. The Bertz CT molecular complexity index is 747. The van der Waals surface area contributed by atoms with E-state index >= 15 is 0 Å². The number of aliphatic hydroxyl groups is 1. The first kappa shape index (κ1) is 24.0. The number of carboxylic acid groups (broad SMARTS) is 1. The van der Waals surface area contributed by atoms with Gasteiger partial charge in [0.1, 0.15) is 5.01 Å². The van der Waals surface area contributed by atoms with Crippen LogP contribution in [-0.4, -0.2) is 82.2 Å². The van der Waals surface area contributed by atoms with Gasteiger partial charge in [-0.25, -0.2) is 0 Å². The molecular formula is C18H29N5O6S. The first-order valence-electron chi connectivity index (χ1n) is 9.64. The van der Waals surface area contributed by atoms with Crippen molar-refractivity contribution in [1.82, 2.24) is 20.8 Å². The first-order valence-corrected chi connectivity index (χ1v) is 10.5. The van der Waals surface area contributed by atoms with Crippen molar-refractivity contribution in [1.29, 1.82) is 0 Å². The van der Waals surface area contributed by atoms with Crippen LogP contribution in [0.15, 0.2) is 0 Å². The molecule has 0 unspecified atom stereocenters. The standard InChI is InChI=1S/C17H27N5O4S.CH2O2/c1-11(23)18-8-14(24)19-13-9-26-17(10-16(13,3)25)4-6-22(7-5-17)15-21-20-12(2)27-15;2-1-3/h13,25H,4-10H2,1-3H3,(H,18,23)(H,19,24);1H,(H,2,3)/t13-,16-;/m0./s1. The van der Waals surface area contributed by atoms with E-state index < -0.39 is 17.2 Å². The van der Waals surface area contributed by atoms with Crippen LogP contribution in [-0.2, 0) is 19.1 Å². The zero-order chi connectivity index (χ0) is 22.4. The molecule has 2 atom stereocenters. The SMILES string of the molecule is CC(=O)NCC(=O)N[C@H]1COC2(CCN(c3nnc(C)s3)CC2)C[C@]1(C)O.O=CO. The van der Waals surface area contributed by atoms with Gasteiger partial charge in [-0.2, -0.15) is 0 Å². The van der Waals surface area contributed by atoms with Gasteiger partial charge in [0.15, 0.2) is 0 Å². The quantitative estimate of drug-likeness (QED) is 0.458. The largest absolute Gasteiger partial charge is 0.483 e. The van der Waals surface area contributed by atoms with Crippen molar-refractivity contribution < 1.29 is 29.3 Å². The number of piperidine rings is 1. The molecule has 3 heterocycles. The Morgan fingerprint density at radius 2 is 2.00 bits per heavy atom. The molecule has 2 fully saturated rings. The highest BCUT2D eigenvalue weighted by atomic mass is 32.1. The van der Waals surface area contributed by atoms with Crippen molar-refractivity contribution in [2.45, 2.75) is 57.3 Å². The number of carbonyl (C=O) groups is 3. The van der Waals surface area contributed by atoms with Gasteiger partial charge < -0.3 is 30.5 Å². The third kappa shape index (κ3) is 6.34. The van der Waals surface area contributed by atoms with Gasteiger partial charge in [-0.05, 0) is 26.7 Å². The molecule has 0 aromatic carbocycles. The first-order chi connectivity index (χ1) is 14.1. The van der Waals surface area contributed by atoms with Gasteiger partial charge in [0, 0.05) is 26.4 Å². The Morgan fingerprint density at radius 1 is 1.37 bits per heavy atom. The number of aryl methyl sites for hydroxylation is 1. The zero-order valence-electron chi connectivity index (χ0n) is 17.4. The van der Waals surface area contributed by atoms with Gasteiger partial charge in [0.25, 0.3) is 6.47 Å². The summed E-state index contributed by atoms with van der Waals surface area (Å²) in [5.41, 5.74) is -1.47. The van der Waals surface area contributed by atoms with Crippen LogP contribution in [0.25, 0.3) is 0 Å². The van der Waals surface area contributed by atoms with Crippen LogP contribution in [0.5, 0.6) is 0 Å². The van der Waals surface area contributed by atoms with E-state index in [0.29, 0.717) is 6.42 Å². The Morgan fingerprint density at radius 3 is 2.50 bits per heavy atom. The van der Waals surface area contributed by atoms with E-state index in [4.69, 9.17) is 14.6 Å². The fourth-order valence-corrected chi connectivity index (χ4v) is 4.49. The van der Waals surface area contributed by atoms with Crippen molar-refractivity contribution >= 4 is 34.8 Å². The number of rotatable bonds is 4. The normalized spacial score (nSPS) is 25.1. The van der Waals surface area contributed by atoms with Gasteiger partial charge in [-0.1, -0.05) is 11.3 Å². The third-order valence-electron chi connectivity index (χ3n) is 5.28. The smallest absolute Gasteiger partial charge is 0.290 e. The highest BCUT2D eigenvalue weighted by Gasteiger charge is 2.49. The maximum Gasteiger partial charge on any atom is 0.290 e. The number of amides is 2. The lowest BCUT2D eigenvalue weighted by atomic mass is 9.76. The third-order valence-corrected chi connectivity index (χ3v) is 6.18. The van der Waals surface area contributed by atoms with Crippen LogP contribution < -0.4 is 15.5 Å². The molecule has 0 aliphatic carbocycles. The lowest BCUT2D eigenvalue weighted by molar-refractivity contribution is -0.180. The van der Waals surface area contributed by atoms with E-state index in [1.54, 1.807) is 18.3 Å².